The van der Waals surface area contributed by atoms with Crippen molar-refractivity contribution in [2.45, 2.75) is 51.1 Å². The Kier molecular flexibility index (Phi) is 4.29. The maximum absolute atomic E-state index is 12.0. The van der Waals surface area contributed by atoms with Crippen LogP contribution in [0.3, 0.4) is 0 Å². The maximum atomic E-state index is 12.0. The zero-order chi connectivity index (χ0) is 12.2. The van der Waals surface area contributed by atoms with E-state index in [2.05, 4.69) is 10.6 Å². The molecule has 1 aliphatic heterocycles. The lowest BCUT2D eigenvalue weighted by atomic mass is 9.92. The van der Waals surface area contributed by atoms with Gasteiger partial charge in [-0.1, -0.05) is 13.8 Å². The predicted octanol–water partition coefficient (Wildman–Crippen LogP) is 0.498. The summed E-state index contributed by atoms with van der Waals surface area (Å²) in [6.07, 6.45) is 2.84. The predicted molar refractivity (Wildman–Crippen MR) is 60.1 cm³/mol. The summed E-state index contributed by atoms with van der Waals surface area (Å²) in [6.45, 7) is 4.52. The van der Waals surface area contributed by atoms with Gasteiger partial charge in [-0.2, -0.15) is 0 Å². The van der Waals surface area contributed by atoms with Crippen molar-refractivity contribution in [2.75, 3.05) is 6.54 Å². The van der Waals surface area contributed by atoms with Crippen LogP contribution >= 0.6 is 0 Å². The number of nitrogens with one attached hydrogen (secondary N) is 2. The molecule has 0 spiro atoms. The molecule has 0 aliphatic carbocycles. The molecule has 1 heterocycles. The number of amides is 1. The molecule has 0 radical (unpaired) electrons. The van der Waals surface area contributed by atoms with Gasteiger partial charge in [-0.15, -0.1) is 0 Å². The Hall–Kier alpha value is -1.10. The zero-order valence-corrected chi connectivity index (χ0v) is 9.88. The average Bonchev–Trinajstić information content (AvgIpc) is 2.74. The lowest BCUT2D eigenvalue weighted by Gasteiger charge is -2.28. The van der Waals surface area contributed by atoms with E-state index in [9.17, 15) is 9.59 Å². The van der Waals surface area contributed by atoms with Crippen LogP contribution in [0.2, 0.25) is 0 Å². The molecule has 5 nitrogen and oxygen atoms in total. The number of aliphatic carboxylic acids is 1. The largest absolute Gasteiger partial charge is 0.480 e. The lowest BCUT2D eigenvalue weighted by Crippen LogP contribution is -2.56. The Labute approximate surface area is 95.6 Å². The van der Waals surface area contributed by atoms with Gasteiger partial charge in [-0.3, -0.25) is 4.79 Å². The molecule has 5 heteroatoms. The van der Waals surface area contributed by atoms with E-state index in [-0.39, 0.29) is 5.91 Å². The third-order valence-electron chi connectivity index (χ3n) is 3.29. The fraction of sp³-hybridized carbons (Fsp3) is 0.818. The van der Waals surface area contributed by atoms with Crippen molar-refractivity contribution in [3.63, 3.8) is 0 Å². The van der Waals surface area contributed by atoms with E-state index >= 15 is 0 Å². The second kappa shape index (κ2) is 5.30. The number of hydrogen-bond acceptors (Lipinski definition) is 3. The molecule has 1 saturated heterocycles. The van der Waals surface area contributed by atoms with Gasteiger partial charge in [0.15, 0.2) is 0 Å². The molecular formula is C11H20N2O3. The summed E-state index contributed by atoms with van der Waals surface area (Å²) in [4.78, 5) is 22.9. The van der Waals surface area contributed by atoms with Crippen molar-refractivity contribution < 1.29 is 14.7 Å². The van der Waals surface area contributed by atoms with Crippen LogP contribution in [0.4, 0.5) is 0 Å². The Morgan fingerprint density at radius 2 is 2.19 bits per heavy atom. The van der Waals surface area contributed by atoms with Crippen molar-refractivity contribution in [3.05, 3.63) is 0 Å². The SMILES string of the molecule is CC[C@H](NC(=O)C1(CC)CCCN1)C(=O)O. The fourth-order valence-electron chi connectivity index (χ4n) is 2.10. The molecule has 0 saturated carbocycles. The van der Waals surface area contributed by atoms with Gasteiger partial charge in [0.05, 0.1) is 5.54 Å². The average molecular weight is 228 g/mol. The summed E-state index contributed by atoms with van der Waals surface area (Å²) in [5.74, 6) is -1.15. The van der Waals surface area contributed by atoms with Crippen LogP contribution in [-0.2, 0) is 9.59 Å². The van der Waals surface area contributed by atoms with Crippen LogP contribution in [-0.4, -0.2) is 35.1 Å². The number of carboxylic acid groups (broad SMARTS) is 1. The highest BCUT2D eigenvalue weighted by Crippen LogP contribution is 2.23. The third-order valence-corrected chi connectivity index (χ3v) is 3.29. The molecule has 1 fully saturated rings. The molecule has 2 atom stereocenters. The molecule has 1 rings (SSSR count). The van der Waals surface area contributed by atoms with Crippen LogP contribution in [0.5, 0.6) is 0 Å². The minimum absolute atomic E-state index is 0.179. The molecule has 0 aromatic rings. The molecule has 3 N–H and O–H groups in total. The van der Waals surface area contributed by atoms with E-state index in [1.807, 2.05) is 6.92 Å². The molecule has 1 unspecified atom stereocenters. The summed E-state index contributed by atoms with van der Waals surface area (Å²) < 4.78 is 0. The molecule has 92 valence electrons. The van der Waals surface area contributed by atoms with Crippen LogP contribution < -0.4 is 10.6 Å². The smallest absolute Gasteiger partial charge is 0.326 e. The van der Waals surface area contributed by atoms with Gasteiger partial charge in [0.1, 0.15) is 6.04 Å². The van der Waals surface area contributed by atoms with Gasteiger partial charge in [0.2, 0.25) is 5.91 Å². The molecule has 0 bridgehead atoms. The van der Waals surface area contributed by atoms with E-state index < -0.39 is 17.6 Å². The zero-order valence-electron chi connectivity index (χ0n) is 9.88. The third kappa shape index (κ3) is 2.52. The van der Waals surface area contributed by atoms with Crippen molar-refractivity contribution in [1.29, 1.82) is 0 Å². The first-order valence-electron chi connectivity index (χ1n) is 5.84. The number of carbonyl (C=O) groups is 2. The summed E-state index contributed by atoms with van der Waals surface area (Å²) in [5.41, 5.74) is -0.553. The molecule has 0 aromatic heterocycles. The highest BCUT2D eigenvalue weighted by Gasteiger charge is 2.40. The molecule has 0 aromatic carbocycles. The number of rotatable bonds is 5. The second-order valence-corrected chi connectivity index (χ2v) is 4.24. The first-order valence-corrected chi connectivity index (χ1v) is 5.84. The summed E-state index contributed by atoms with van der Waals surface area (Å²) >= 11 is 0. The van der Waals surface area contributed by atoms with Gasteiger partial charge in [-0.25, -0.2) is 4.79 Å². The highest BCUT2D eigenvalue weighted by molar-refractivity contribution is 5.90. The van der Waals surface area contributed by atoms with E-state index in [0.29, 0.717) is 12.8 Å². The van der Waals surface area contributed by atoms with Crippen molar-refractivity contribution in [3.8, 4) is 0 Å². The van der Waals surface area contributed by atoms with Gasteiger partial charge in [0, 0.05) is 0 Å². The van der Waals surface area contributed by atoms with E-state index in [1.54, 1.807) is 6.92 Å². The van der Waals surface area contributed by atoms with Crippen molar-refractivity contribution >= 4 is 11.9 Å². The van der Waals surface area contributed by atoms with E-state index in [0.717, 1.165) is 19.4 Å². The molecule has 1 amide bonds. The minimum Gasteiger partial charge on any atom is -0.480 e. The topological polar surface area (TPSA) is 78.4 Å². The van der Waals surface area contributed by atoms with Gasteiger partial charge in [-0.05, 0) is 32.2 Å². The normalized spacial score (nSPS) is 26.4. The second-order valence-electron chi connectivity index (χ2n) is 4.24. The monoisotopic (exact) mass is 228 g/mol. The Morgan fingerprint density at radius 3 is 2.56 bits per heavy atom. The van der Waals surface area contributed by atoms with Crippen molar-refractivity contribution in [1.82, 2.24) is 10.6 Å². The standard InChI is InChI=1S/C11H20N2O3/c1-3-8(9(14)15)13-10(16)11(4-2)6-5-7-12-11/h8,12H,3-7H2,1-2H3,(H,13,16)(H,14,15)/t8-,11?/m0/s1. The number of carbonyl (C=O) groups excluding carboxylic acids is 1. The summed E-state index contributed by atoms with van der Waals surface area (Å²) in [7, 11) is 0. The Morgan fingerprint density at radius 1 is 1.50 bits per heavy atom. The highest BCUT2D eigenvalue weighted by atomic mass is 16.4. The van der Waals surface area contributed by atoms with Gasteiger partial charge in [0.25, 0.3) is 0 Å². The quantitative estimate of drug-likeness (QED) is 0.640. The fourth-order valence-corrected chi connectivity index (χ4v) is 2.10. The maximum Gasteiger partial charge on any atom is 0.326 e. The van der Waals surface area contributed by atoms with Gasteiger partial charge >= 0.3 is 5.97 Å². The van der Waals surface area contributed by atoms with Crippen LogP contribution in [0.1, 0.15) is 39.5 Å². The van der Waals surface area contributed by atoms with E-state index in [1.165, 1.54) is 0 Å². The summed E-state index contributed by atoms with van der Waals surface area (Å²) in [5, 5.41) is 14.7. The van der Waals surface area contributed by atoms with E-state index in [4.69, 9.17) is 5.11 Å². The Balaban J connectivity index is 2.65. The Bertz CT molecular complexity index is 272. The molecular weight excluding hydrogens is 208 g/mol. The van der Waals surface area contributed by atoms with Crippen LogP contribution in [0.15, 0.2) is 0 Å². The van der Waals surface area contributed by atoms with Crippen LogP contribution in [0.25, 0.3) is 0 Å². The van der Waals surface area contributed by atoms with Crippen LogP contribution in [0, 0.1) is 0 Å². The summed E-state index contributed by atoms with van der Waals surface area (Å²) in [6, 6.07) is -0.779. The minimum atomic E-state index is -0.972. The lowest BCUT2D eigenvalue weighted by molar-refractivity contribution is -0.143. The molecule has 1 aliphatic rings. The van der Waals surface area contributed by atoms with Gasteiger partial charge < -0.3 is 15.7 Å². The first kappa shape index (κ1) is 13.0. The number of carboxylic acids is 1. The number of hydrogen-bond donors (Lipinski definition) is 3. The van der Waals surface area contributed by atoms with Crippen molar-refractivity contribution in [2.24, 2.45) is 0 Å². The first-order chi connectivity index (χ1) is 7.55. The molecule has 16 heavy (non-hydrogen) atoms.